The van der Waals surface area contributed by atoms with Gasteiger partial charge in [0.15, 0.2) is 6.61 Å². The molecule has 0 radical (unpaired) electrons. The van der Waals surface area contributed by atoms with Gasteiger partial charge in [-0.05, 0) is 51.3 Å². The molecule has 0 aliphatic carbocycles. The average Bonchev–Trinajstić information content (AvgIpc) is 2.65. The Morgan fingerprint density at radius 2 is 1.86 bits per heavy atom. The van der Waals surface area contributed by atoms with Gasteiger partial charge < -0.3 is 9.64 Å². The van der Waals surface area contributed by atoms with Crippen LogP contribution in [0.5, 0.6) is 0 Å². The van der Waals surface area contributed by atoms with E-state index in [4.69, 9.17) is 21.2 Å². The summed E-state index contributed by atoms with van der Waals surface area (Å²) in [4.78, 5) is 31.0. The van der Waals surface area contributed by atoms with Crippen LogP contribution in [0.3, 0.4) is 0 Å². The van der Waals surface area contributed by atoms with Gasteiger partial charge in [-0.1, -0.05) is 16.1 Å². The largest absolute Gasteiger partial charge is 0.452 e. The maximum absolute atomic E-state index is 12.5. The zero-order valence-corrected chi connectivity index (χ0v) is 17.9. The molecule has 156 valence electrons. The molecule has 0 N–H and O–H groups in total. The van der Waals surface area contributed by atoms with Gasteiger partial charge in [0.25, 0.3) is 15.9 Å². The minimum atomic E-state index is -4.04. The predicted octanol–water partition coefficient (Wildman–Crippen LogP) is 2.47. The van der Waals surface area contributed by atoms with Gasteiger partial charge in [-0.25, -0.2) is 13.2 Å². The summed E-state index contributed by atoms with van der Waals surface area (Å²) in [5.74, 6) is -1.08. The maximum Gasteiger partial charge on any atom is 0.338 e. The number of hydrogen-bond donors (Lipinski definition) is 0. The zero-order chi connectivity index (χ0) is 21.1. The number of halogens is 1. The number of hydrogen-bond acceptors (Lipinski definition) is 6. The first-order valence-electron chi connectivity index (χ1n) is 8.90. The first-order valence-corrected chi connectivity index (χ1v) is 10.7. The topological polar surface area (TPSA) is 93.2 Å². The number of carbonyl (C=O) groups is 2. The third-order valence-corrected chi connectivity index (χ3v) is 7.01. The quantitative estimate of drug-likeness (QED) is 0.506. The van der Waals surface area contributed by atoms with E-state index in [2.05, 4.69) is 0 Å². The minimum absolute atomic E-state index is 0.0278. The molecule has 1 aromatic rings. The van der Waals surface area contributed by atoms with Crippen molar-refractivity contribution < 1.29 is 27.6 Å². The Kier molecular flexibility index (Phi) is 7.44. The lowest BCUT2D eigenvalue weighted by Crippen LogP contribution is -2.49. The monoisotopic (exact) mass is 432 g/mol. The Morgan fingerprint density at radius 3 is 2.43 bits per heavy atom. The van der Waals surface area contributed by atoms with Gasteiger partial charge in [0.05, 0.1) is 17.7 Å². The summed E-state index contributed by atoms with van der Waals surface area (Å²) in [6.45, 7) is 3.53. The molecule has 1 amide bonds. The van der Waals surface area contributed by atoms with Crippen LogP contribution in [0.15, 0.2) is 23.1 Å². The number of sulfonamides is 1. The molecule has 10 heteroatoms. The standard InChI is InChI=1S/C18H25ClN2O6S/c1-12-6-5-7-13(2)21(12)17(22)11-27-18(23)14-8-9-15(19)16(10-14)28(24,25)20(3)26-4/h8-10,12-13H,5-7,11H2,1-4H3. The van der Waals surface area contributed by atoms with E-state index in [1.807, 2.05) is 13.8 Å². The van der Waals surface area contributed by atoms with Crippen molar-refractivity contribution in [2.45, 2.75) is 50.1 Å². The molecule has 2 atom stereocenters. The van der Waals surface area contributed by atoms with Crippen molar-refractivity contribution in [1.82, 2.24) is 9.37 Å². The fourth-order valence-corrected chi connectivity index (χ4v) is 4.74. The molecule has 1 aliphatic rings. The van der Waals surface area contributed by atoms with Gasteiger partial charge in [0.2, 0.25) is 0 Å². The van der Waals surface area contributed by atoms with Crippen molar-refractivity contribution in [3.63, 3.8) is 0 Å². The summed E-state index contributed by atoms with van der Waals surface area (Å²) in [6.07, 6.45) is 2.88. The molecule has 1 aliphatic heterocycles. The smallest absolute Gasteiger partial charge is 0.338 e. The van der Waals surface area contributed by atoms with Crippen LogP contribution < -0.4 is 0 Å². The van der Waals surface area contributed by atoms with Crippen LogP contribution in [0.25, 0.3) is 0 Å². The molecule has 0 saturated carbocycles. The minimum Gasteiger partial charge on any atom is -0.452 e. The zero-order valence-electron chi connectivity index (χ0n) is 16.3. The Bertz CT molecular complexity index is 834. The Hall–Kier alpha value is -1.68. The Labute approximate surface area is 170 Å². The van der Waals surface area contributed by atoms with Gasteiger partial charge in [-0.15, -0.1) is 0 Å². The number of rotatable bonds is 6. The van der Waals surface area contributed by atoms with Crippen LogP contribution >= 0.6 is 11.6 Å². The number of likely N-dealkylation sites (tertiary alicyclic amines) is 1. The van der Waals surface area contributed by atoms with Crippen LogP contribution in [0.4, 0.5) is 0 Å². The number of carbonyl (C=O) groups excluding carboxylic acids is 2. The summed E-state index contributed by atoms with van der Waals surface area (Å²) < 4.78 is 30.6. The van der Waals surface area contributed by atoms with Gasteiger partial charge in [0, 0.05) is 19.1 Å². The van der Waals surface area contributed by atoms with E-state index in [0.717, 1.165) is 25.3 Å². The highest BCUT2D eigenvalue weighted by Gasteiger charge is 2.30. The molecular formula is C18H25ClN2O6S. The molecule has 2 unspecified atom stereocenters. The molecule has 1 saturated heterocycles. The number of benzene rings is 1. The van der Waals surface area contributed by atoms with Crippen LogP contribution in [-0.4, -0.2) is 62.5 Å². The molecule has 0 spiro atoms. The van der Waals surface area contributed by atoms with Crippen molar-refractivity contribution in [3.8, 4) is 0 Å². The van der Waals surface area contributed by atoms with Crippen LogP contribution in [0, 0.1) is 0 Å². The second-order valence-corrected chi connectivity index (χ2v) is 9.06. The lowest BCUT2D eigenvalue weighted by molar-refractivity contribution is -0.140. The summed E-state index contributed by atoms with van der Waals surface area (Å²) in [5, 5.41) is -0.0625. The van der Waals surface area contributed by atoms with Crippen LogP contribution in [0.1, 0.15) is 43.5 Å². The highest BCUT2D eigenvalue weighted by Crippen LogP contribution is 2.26. The Morgan fingerprint density at radius 1 is 1.25 bits per heavy atom. The number of hydroxylamine groups is 1. The van der Waals surface area contributed by atoms with Crippen molar-refractivity contribution in [3.05, 3.63) is 28.8 Å². The SMILES string of the molecule is CON(C)S(=O)(=O)c1cc(C(=O)OCC(=O)N2C(C)CCCC2C)ccc1Cl. The van der Waals surface area contributed by atoms with Crippen LogP contribution in [0.2, 0.25) is 5.02 Å². The summed E-state index contributed by atoms with van der Waals surface area (Å²) >= 11 is 5.97. The molecule has 0 aromatic heterocycles. The molecule has 8 nitrogen and oxygen atoms in total. The highest BCUT2D eigenvalue weighted by atomic mass is 35.5. The van der Waals surface area contributed by atoms with Crippen molar-refractivity contribution in [2.75, 3.05) is 20.8 Å². The second-order valence-electron chi connectivity index (χ2n) is 6.75. The van der Waals surface area contributed by atoms with Crippen molar-refractivity contribution >= 4 is 33.5 Å². The van der Waals surface area contributed by atoms with Crippen molar-refractivity contribution in [1.29, 1.82) is 0 Å². The van der Waals surface area contributed by atoms with Gasteiger partial charge in [0.1, 0.15) is 4.90 Å². The molecule has 28 heavy (non-hydrogen) atoms. The number of ether oxygens (including phenoxy) is 1. The van der Waals surface area contributed by atoms with E-state index < -0.39 is 22.6 Å². The van der Waals surface area contributed by atoms with E-state index in [1.165, 1.54) is 26.3 Å². The average molecular weight is 433 g/mol. The van der Waals surface area contributed by atoms with Gasteiger partial charge in [-0.3, -0.25) is 9.63 Å². The van der Waals surface area contributed by atoms with Gasteiger partial charge in [-0.2, -0.15) is 0 Å². The molecular weight excluding hydrogens is 408 g/mol. The lowest BCUT2D eigenvalue weighted by atomic mass is 9.97. The fraction of sp³-hybridized carbons (Fsp3) is 0.556. The number of esters is 1. The van der Waals surface area contributed by atoms with E-state index in [-0.39, 0.29) is 33.5 Å². The van der Waals surface area contributed by atoms with E-state index in [0.29, 0.717) is 4.47 Å². The highest BCUT2D eigenvalue weighted by molar-refractivity contribution is 7.89. The summed E-state index contributed by atoms with van der Waals surface area (Å²) in [5.41, 5.74) is -0.0278. The third-order valence-electron chi connectivity index (χ3n) is 4.85. The lowest BCUT2D eigenvalue weighted by Gasteiger charge is -2.38. The maximum atomic E-state index is 12.5. The molecule has 1 fully saturated rings. The van der Waals surface area contributed by atoms with E-state index in [9.17, 15) is 18.0 Å². The Balaban J connectivity index is 2.13. The third kappa shape index (κ3) is 4.83. The molecule has 1 aromatic carbocycles. The fourth-order valence-electron chi connectivity index (χ4n) is 3.26. The van der Waals surface area contributed by atoms with Gasteiger partial charge >= 0.3 is 5.97 Å². The number of nitrogens with zero attached hydrogens (tertiary/aromatic N) is 2. The second kappa shape index (κ2) is 9.21. The van der Waals surface area contributed by atoms with Crippen LogP contribution in [-0.2, 0) is 24.4 Å². The summed E-state index contributed by atoms with van der Waals surface area (Å²) in [6, 6.07) is 3.91. The molecule has 0 bridgehead atoms. The first-order chi connectivity index (χ1) is 13.1. The number of piperidine rings is 1. The number of amides is 1. The molecule has 2 rings (SSSR count). The normalized spacial score (nSPS) is 20.3. The summed E-state index contributed by atoms with van der Waals surface area (Å²) in [7, 11) is -1.65. The predicted molar refractivity (Wildman–Crippen MR) is 103 cm³/mol. The first kappa shape index (κ1) is 22.6. The van der Waals surface area contributed by atoms with Crippen molar-refractivity contribution in [2.24, 2.45) is 0 Å². The van der Waals surface area contributed by atoms with E-state index >= 15 is 0 Å². The van der Waals surface area contributed by atoms with E-state index in [1.54, 1.807) is 4.90 Å². The molecule has 1 heterocycles.